The molecule has 2 N–H and O–H groups in total. The van der Waals surface area contributed by atoms with Crippen molar-refractivity contribution in [1.82, 2.24) is 10.6 Å². The molecular formula is C15H21FN2O. The van der Waals surface area contributed by atoms with Crippen LogP contribution in [-0.2, 0) is 11.2 Å². The Hall–Kier alpha value is -1.42. The highest BCUT2D eigenvalue weighted by molar-refractivity contribution is 5.83. The molecule has 104 valence electrons. The van der Waals surface area contributed by atoms with Gasteiger partial charge in [-0.25, -0.2) is 4.39 Å². The summed E-state index contributed by atoms with van der Waals surface area (Å²) in [6.45, 7) is 1.21. The Morgan fingerprint density at radius 2 is 2.11 bits per heavy atom. The van der Waals surface area contributed by atoms with Crippen molar-refractivity contribution < 1.29 is 9.18 Å². The minimum Gasteiger partial charge on any atom is -0.355 e. The molecule has 0 saturated heterocycles. The Labute approximate surface area is 113 Å². The van der Waals surface area contributed by atoms with E-state index in [-0.39, 0.29) is 17.1 Å². The largest absolute Gasteiger partial charge is 0.355 e. The predicted octanol–water partition coefficient (Wildman–Crippen LogP) is 1.87. The molecule has 0 atom stereocenters. The third-order valence-corrected chi connectivity index (χ3v) is 3.95. The van der Waals surface area contributed by atoms with Gasteiger partial charge in [-0.15, -0.1) is 0 Å². The fraction of sp³-hybridized carbons (Fsp3) is 0.533. The Balaban J connectivity index is 1.82. The van der Waals surface area contributed by atoms with Crippen LogP contribution in [0.5, 0.6) is 0 Å². The molecule has 2 rings (SSSR count). The second kappa shape index (κ2) is 6.15. The molecule has 19 heavy (non-hydrogen) atoms. The van der Waals surface area contributed by atoms with E-state index in [4.69, 9.17) is 0 Å². The third-order valence-electron chi connectivity index (χ3n) is 3.95. The van der Waals surface area contributed by atoms with Crippen LogP contribution in [0.2, 0.25) is 0 Å². The zero-order valence-corrected chi connectivity index (χ0v) is 11.3. The number of carbonyl (C=O) groups excluding carboxylic acids is 1. The van der Waals surface area contributed by atoms with Crippen molar-refractivity contribution in [3.8, 4) is 0 Å². The second-order valence-corrected chi connectivity index (χ2v) is 5.26. The maximum absolute atomic E-state index is 13.4. The second-order valence-electron chi connectivity index (χ2n) is 5.26. The fourth-order valence-corrected chi connectivity index (χ4v) is 2.63. The van der Waals surface area contributed by atoms with Gasteiger partial charge in [0.05, 0.1) is 5.41 Å². The first-order chi connectivity index (χ1) is 9.18. The lowest BCUT2D eigenvalue weighted by molar-refractivity contribution is -0.135. The summed E-state index contributed by atoms with van der Waals surface area (Å²) in [5, 5.41) is 6.03. The molecule has 0 spiro atoms. The maximum atomic E-state index is 13.4. The summed E-state index contributed by atoms with van der Waals surface area (Å²) in [5.74, 6) is -0.102. The first kappa shape index (κ1) is 14.0. The topological polar surface area (TPSA) is 41.1 Å². The first-order valence-electron chi connectivity index (χ1n) is 6.84. The fourth-order valence-electron chi connectivity index (χ4n) is 2.63. The molecular weight excluding hydrogens is 243 g/mol. The van der Waals surface area contributed by atoms with E-state index in [2.05, 4.69) is 10.6 Å². The van der Waals surface area contributed by atoms with Crippen molar-refractivity contribution in [3.63, 3.8) is 0 Å². The summed E-state index contributed by atoms with van der Waals surface area (Å²) >= 11 is 0. The van der Waals surface area contributed by atoms with Crippen LogP contribution in [0.15, 0.2) is 24.3 Å². The first-order valence-corrected chi connectivity index (χ1v) is 6.84. The lowest BCUT2D eigenvalue weighted by atomic mass is 9.68. The summed E-state index contributed by atoms with van der Waals surface area (Å²) in [7, 11) is 1.87. The molecule has 1 aliphatic carbocycles. The van der Waals surface area contributed by atoms with Gasteiger partial charge in [0.1, 0.15) is 5.82 Å². The van der Waals surface area contributed by atoms with E-state index in [1.54, 1.807) is 12.1 Å². The molecule has 1 saturated carbocycles. The third kappa shape index (κ3) is 3.13. The molecule has 0 heterocycles. The minimum atomic E-state index is -0.232. The molecule has 0 radical (unpaired) electrons. The highest BCUT2D eigenvalue weighted by Crippen LogP contribution is 2.40. The summed E-state index contributed by atoms with van der Waals surface area (Å²) in [4.78, 5) is 12.2. The normalized spacial score (nSPS) is 16.7. The Bertz CT molecular complexity index is 444. The van der Waals surface area contributed by atoms with Gasteiger partial charge >= 0.3 is 0 Å². The van der Waals surface area contributed by atoms with Crippen molar-refractivity contribution in [2.45, 2.75) is 25.7 Å². The van der Waals surface area contributed by atoms with Crippen molar-refractivity contribution >= 4 is 5.91 Å². The Morgan fingerprint density at radius 1 is 1.37 bits per heavy atom. The van der Waals surface area contributed by atoms with Crippen LogP contribution in [0.25, 0.3) is 0 Å². The molecule has 1 aromatic carbocycles. The molecule has 4 heteroatoms. The average molecular weight is 264 g/mol. The maximum Gasteiger partial charge on any atom is 0.227 e. The van der Waals surface area contributed by atoms with E-state index in [0.29, 0.717) is 18.5 Å². The highest BCUT2D eigenvalue weighted by atomic mass is 19.1. The summed E-state index contributed by atoms with van der Waals surface area (Å²) < 4.78 is 13.4. The van der Waals surface area contributed by atoms with E-state index in [9.17, 15) is 9.18 Å². The zero-order valence-electron chi connectivity index (χ0n) is 11.3. The predicted molar refractivity (Wildman–Crippen MR) is 73.3 cm³/mol. The van der Waals surface area contributed by atoms with Crippen molar-refractivity contribution in [1.29, 1.82) is 0 Å². The molecule has 1 fully saturated rings. The number of rotatable bonds is 6. The average Bonchev–Trinajstić information content (AvgIpc) is 2.36. The van der Waals surface area contributed by atoms with E-state index >= 15 is 0 Å². The van der Waals surface area contributed by atoms with Gasteiger partial charge in [0.15, 0.2) is 0 Å². The van der Waals surface area contributed by atoms with Gasteiger partial charge < -0.3 is 10.6 Å². The number of hydrogen-bond donors (Lipinski definition) is 2. The van der Waals surface area contributed by atoms with Gasteiger partial charge in [-0.2, -0.15) is 0 Å². The smallest absolute Gasteiger partial charge is 0.227 e. The van der Waals surface area contributed by atoms with Crippen molar-refractivity contribution in [2.24, 2.45) is 5.41 Å². The summed E-state index contributed by atoms with van der Waals surface area (Å²) in [6, 6.07) is 6.70. The van der Waals surface area contributed by atoms with Gasteiger partial charge in [0, 0.05) is 13.1 Å². The molecule has 0 aromatic heterocycles. The molecule has 0 unspecified atom stereocenters. The standard InChI is InChI=1S/C15H21FN2O/c1-17-11-15(8-4-9-15)14(19)18-10-7-12-5-2-3-6-13(12)16/h2-3,5-6,17H,4,7-11H2,1H3,(H,18,19). The molecule has 0 aliphatic heterocycles. The SMILES string of the molecule is CNCC1(C(=O)NCCc2ccccc2F)CCC1. The van der Waals surface area contributed by atoms with Crippen LogP contribution in [0.4, 0.5) is 4.39 Å². The lowest BCUT2D eigenvalue weighted by Gasteiger charge is -2.40. The monoisotopic (exact) mass is 264 g/mol. The number of benzene rings is 1. The van der Waals surface area contributed by atoms with Gasteiger partial charge in [0.25, 0.3) is 0 Å². The van der Waals surface area contributed by atoms with Crippen LogP contribution < -0.4 is 10.6 Å². The van der Waals surface area contributed by atoms with E-state index in [0.717, 1.165) is 25.8 Å². The molecule has 1 amide bonds. The van der Waals surface area contributed by atoms with E-state index < -0.39 is 0 Å². The number of nitrogens with one attached hydrogen (secondary N) is 2. The summed E-state index contributed by atoms with van der Waals surface area (Å²) in [6.07, 6.45) is 3.54. The lowest BCUT2D eigenvalue weighted by Crippen LogP contribution is -2.51. The molecule has 1 aromatic rings. The molecule has 1 aliphatic rings. The highest BCUT2D eigenvalue weighted by Gasteiger charge is 2.43. The van der Waals surface area contributed by atoms with Crippen LogP contribution in [0, 0.1) is 11.2 Å². The van der Waals surface area contributed by atoms with E-state index in [1.807, 2.05) is 13.1 Å². The Kier molecular flexibility index (Phi) is 4.53. The van der Waals surface area contributed by atoms with Gasteiger partial charge in [0.2, 0.25) is 5.91 Å². The zero-order chi connectivity index (χ0) is 13.7. The number of amides is 1. The quantitative estimate of drug-likeness (QED) is 0.823. The summed E-state index contributed by atoms with van der Waals surface area (Å²) in [5.41, 5.74) is 0.420. The minimum absolute atomic E-state index is 0.101. The number of carbonyl (C=O) groups is 1. The van der Waals surface area contributed by atoms with E-state index in [1.165, 1.54) is 6.07 Å². The van der Waals surface area contributed by atoms with Gasteiger partial charge in [-0.1, -0.05) is 24.6 Å². The Morgan fingerprint density at radius 3 is 2.68 bits per heavy atom. The van der Waals surface area contributed by atoms with Crippen molar-refractivity contribution in [3.05, 3.63) is 35.6 Å². The van der Waals surface area contributed by atoms with Crippen LogP contribution in [0.3, 0.4) is 0 Å². The van der Waals surface area contributed by atoms with Gasteiger partial charge in [-0.05, 0) is 37.9 Å². The molecule has 3 nitrogen and oxygen atoms in total. The van der Waals surface area contributed by atoms with Crippen LogP contribution in [-0.4, -0.2) is 26.0 Å². The van der Waals surface area contributed by atoms with Crippen molar-refractivity contribution in [2.75, 3.05) is 20.1 Å². The molecule has 0 bridgehead atoms. The number of halogens is 1. The van der Waals surface area contributed by atoms with Crippen LogP contribution in [0.1, 0.15) is 24.8 Å². The van der Waals surface area contributed by atoms with Crippen LogP contribution >= 0.6 is 0 Å². The van der Waals surface area contributed by atoms with Gasteiger partial charge in [-0.3, -0.25) is 4.79 Å². The number of hydrogen-bond acceptors (Lipinski definition) is 2.